The third kappa shape index (κ3) is 3.11. The molecule has 3 unspecified atom stereocenters. The molecule has 3 atom stereocenters. The molecule has 1 aromatic carbocycles. The van der Waals surface area contributed by atoms with Crippen LogP contribution in [0.3, 0.4) is 0 Å². The van der Waals surface area contributed by atoms with Gasteiger partial charge in [0.15, 0.2) is 5.75 Å². The third-order valence-electron chi connectivity index (χ3n) is 5.01. The van der Waals surface area contributed by atoms with Crippen LogP contribution in [0.25, 0.3) is 0 Å². The van der Waals surface area contributed by atoms with Crippen molar-refractivity contribution in [2.75, 3.05) is 5.32 Å². The van der Waals surface area contributed by atoms with Crippen molar-refractivity contribution in [2.45, 2.75) is 42.5 Å². The molecule has 3 aliphatic rings. The number of esters is 1. The Labute approximate surface area is 168 Å². The lowest BCUT2D eigenvalue weighted by Gasteiger charge is -2.43. The van der Waals surface area contributed by atoms with E-state index in [0.717, 1.165) is 0 Å². The second-order valence-electron chi connectivity index (χ2n) is 7.46. The summed E-state index contributed by atoms with van der Waals surface area (Å²) in [5.74, 6) is -3.33. The SMILES string of the molecule is CC1(C)SC2C(NC(=O)c3ccc4c(c3)OC(=O)CC(=O)N4)C(=O)N2C1C(=O)O. The molecular formula is C18H17N3O7S. The zero-order valence-corrected chi connectivity index (χ0v) is 16.2. The Hall–Kier alpha value is -3.08. The van der Waals surface area contributed by atoms with E-state index in [0.29, 0.717) is 0 Å². The molecule has 2 fully saturated rings. The second-order valence-corrected chi connectivity index (χ2v) is 9.23. The summed E-state index contributed by atoms with van der Waals surface area (Å²) in [6.07, 6.45) is -0.429. The van der Waals surface area contributed by atoms with Crippen LogP contribution in [0.2, 0.25) is 0 Å². The predicted molar refractivity (Wildman–Crippen MR) is 100 cm³/mol. The fraction of sp³-hybridized carbons (Fsp3) is 0.389. The highest BCUT2D eigenvalue weighted by atomic mass is 32.2. The fourth-order valence-electron chi connectivity index (χ4n) is 3.71. The standard InChI is InChI=1S/C18H17N3O7S/c1-18(2)13(17(26)27)21-15(25)12(16(21)29-18)20-14(24)7-3-4-8-9(5-7)28-11(23)6-10(22)19-8/h3-5,12-13,16H,6H2,1-2H3,(H,19,22)(H,20,24)(H,26,27). The Balaban J connectivity index is 1.51. The van der Waals surface area contributed by atoms with Crippen molar-refractivity contribution in [1.29, 1.82) is 0 Å². The number of nitrogens with one attached hydrogen (secondary N) is 2. The molecular weight excluding hydrogens is 402 g/mol. The normalized spacial score (nSPS) is 27.0. The van der Waals surface area contributed by atoms with Crippen LogP contribution < -0.4 is 15.4 Å². The van der Waals surface area contributed by atoms with Gasteiger partial charge < -0.3 is 25.4 Å². The van der Waals surface area contributed by atoms with E-state index in [2.05, 4.69) is 10.6 Å². The van der Waals surface area contributed by atoms with E-state index in [1.54, 1.807) is 13.8 Å². The van der Waals surface area contributed by atoms with Crippen molar-refractivity contribution in [2.24, 2.45) is 0 Å². The molecule has 3 heterocycles. The highest BCUT2D eigenvalue weighted by Gasteiger charge is 2.64. The van der Waals surface area contributed by atoms with Crippen LogP contribution in [0.4, 0.5) is 5.69 Å². The van der Waals surface area contributed by atoms with Gasteiger partial charge in [0, 0.05) is 10.3 Å². The van der Waals surface area contributed by atoms with Crippen molar-refractivity contribution in [1.82, 2.24) is 10.2 Å². The molecule has 11 heteroatoms. The van der Waals surface area contributed by atoms with Gasteiger partial charge in [-0.05, 0) is 32.0 Å². The summed E-state index contributed by atoms with van der Waals surface area (Å²) in [7, 11) is 0. The average molecular weight is 419 g/mol. The Morgan fingerprint density at radius 2 is 2.03 bits per heavy atom. The first-order valence-electron chi connectivity index (χ1n) is 8.77. The van der Waals surface area contributed by atoms with Crippen LogP contribution in [-0.4, -0.2) is 61.9 Å². The van der Waals surface area contributed by atoms with Crippen molar-refractivity contribution in [3.63, 3.8) is 0 Å². The van der Waals surface area contributed by atoms with Crippen molar-refractivity contribution in [3.05, 3.63) is 23.8 Å². The number of fused-ring (bicyclic) bond motifs is 2. The van der Waals surface area contributed by atoms with E-state index in [-0.39, 0.29) is 17.0 Å². The molecule has 29 heavy (non-hydrogen) atoms. The van der Waals surface area contributed by atoms with Gasteiger partial charge in [-0.2, -0.15) is 0 Å². The number of β-lactam (4-membered cyclic amide) rings is 1. The first-order valence-corrected chi connectivity index (χ1v) is 9.65. The highest BCUT2D eigenvalue weighted by Crippen LogP contribution is 2.50. The van der Waals surface area contributed by atoms with Crippen LogP contribution >= 0.6 is 11.8 Å². The number of carbonyl (C=O) groups excluding carboxylic acids is 4. The maximum absolute atomic E-state index is 12.6. The van der Waals surface area contributed by atoms with Crippen molar-refractivity contribution < 1.29 is 33.8 Å². The summed E-state index contributed by atoms with van der Waals surface area (Å²) in [6, 6.07) is 2.36. The maximum atomic E-state index is 12.6. The largest absolute Gasteiger partial charge is 0.480 e. The number of aliphatic carboxylic acids is 1. The van der Waals surface area contributed by atoms with Gasteiger partial charge >= 0.3 is 11.9 Å². The Morgan fingerprint density at radius 3 is 2.72 bits per heavy atom. The smallest absolute Gasteiger partial charge is 0.327 e. The van der Waals surface area contributed by atoms with E-state index in [4.69, 9.17) is 4.74 Å². The number of ether oxygens (including phenoxy) is 1. The molecule has 0 radical (unpaired) electrons. The number of nitrogens with zero attached hydrogens (tertiary/aromatic N) is 1. The first-order chi connectivity index (χ1) is 13.6. The molecule has 10 nitrogen and oxygen atoms in total. The molecule has 152 valence electrons. The molecule has 0 spiro atoms. The molecule has 3 N–H and O–H groups in total. The van der Waals surface area contributed by atoms with Gasteiger partial charge in [-0.1, -0.05) is 0 Å². The van der Waals surface area contributed by atoms with Crippen LogP contribution in [-0.2, 0) is 19.2 Å². The van der Waals surface area contributed by atoms with Gasteiger partial charge in [-0.25, -0.2) is 4.79 Å². The van der Waals surface area contributed by atoms with Gasteiger partial charge in [0.05, 0.1) is 5.69 Å². The minimum atomic E-state index is -1.09. The monoisotopic (exact) mass is 419 g/mol. The quantitative estimate of drug-likeness (QED) is 0.273. The minimum absolute atomic E-state index is 0.0392. The first kappa shape index (κ1) is 19.2. The number of hydrogen-bond donors (Lipinski definition) is 3. The number of amides is 3. The van der Waals surface area contributed by atoms with Crippen LogP contribution in [0, 0.1) is 0 Å². The third-order valence-corrected chi connectivity index (χ3v) is 6.58. The Bertz CT molecular complexity index is 976. The summed E-state index contributed by atoms with van der Waals surface area (Å²) >= 11 is 1.32. The number of carboxylic acids is 1. The van der Waals surface area contributed by atoms with Gasteiger partial charge in [0.25, 0.3) is 5.91 Å². The molecule has 3 amide bonds. The number of carbonyl (C=O) groups is 5. The minimum Gasteiger partial charge on any atom is -0.480 e. The van der Waals surface area contributed by atoms with Gasteiger partial charge in [0.2, 0.25) is 11.8 Å². The van der Waals surface area contributed by atoms with Crippen LogP contribution in [0.1, 0.15) is 30.6 Å². The molecule has 0 aliphatic carbocycles. The summed E-state index contributed by atoms with van der Waals surface area (Å²) in [5, 5.41) is 14.1. The fourth-order valence-corrected chi connectivity index (χ4v) is 5.33. The van der Waals surface area contributed by atoms with Crippen LogP contribution in [0.15, 0.2) is 18.2 Å². The topological polar surface area (TPSA) is 142 Å². The Morgan fingerprint density at radius 1 is 1.31 bits per heavy atom. The number of rotatable bonds is 3. The van der Waals surface area contributed by atoms with Gasteiger partial charge in [-0.3, -0.25) is 19.2 Å². The second kappa shape index (κ2) is 6.48. The van der Waals surface area contributed by atoms with Gasteiger partial charge in [-0.15, -0.1) is 11.8 Å². The van der Waals surface area contributed by atoms with Crippen LogP contribution in [0.5, 0.6) is 5.75 Å². The van der Waals surface area contributed by atoms with Crippen molar-refractivity contribution >= 4 is 47.1 Å². The molecule has 0 saturated carbocycles. The number of hydrogen-bond acceptors (Lipinski definition) is 7. The molecule has 0 bridgehead atoms. The van der Waals surface area contributed by atoms with E-state index < -0.39 is 58.3 Å². The number of benzene rings is 1. The van der Waals surface area contributed by atoms with E-state index in [9.17, 15) is 29.1 Å². The van der Waals surface area contributed by atoms with Gasteiger partial charge in [0.1, 0.15) is 23.9 Å². The molecule has 2 saturated heterocycles. The molecule has 1 aromatic rings. The van der Waals surface area contributed by atoms with E-state index in [1.807, 2.05) is 0 Å². The summed E-state index contributed by atoms with van der Waals surface area (Å²) < 4.78 is 4.38. The average Bonchev–Trinajstić information content (AvgIpc) is 2.78. The number of thioether (sulfide) groups is 1. The maximum Gasteiger partial charge on any atom is 0.327 e. The number of anilines is 1. The summed E-state index contributed by atoms with van der Waals surface area (Å²) in [6.45, 7) is 3.49. The highest BCUT2D eigenvalue weighted by molar-refractivity contribution is 8.01. The van der Waals surface area contributed by atoms with E-state index >= 15 is 0 Å². The molecule has 3 aliphatic heterocycles. The predicted octanol–water partition coefficient (Wildman–Crippen LogP) is 0.179. The number of carboxylic acid groups (broad SMARTS) is 1. The zero-order valence-electron chi connectivity index (χ0n) is 15.4. The van der Waals surface area contributed by atoms with Crippen molar-refractivity contribution in [3.8, 4) is 5.75 Å². The lowest BCUT2D eigenvalue weighted by Crippen LogP contribution is -2.70. The lowest BCUT2D eigenvalue weighted by molar-refractivity contribution is -0.159. The summed E-state index contributed by atoms with van der Waals surface area (Å²) in [5.41, 5.74) is 0.400. The lowest BCUT2D eigenvalue weighted by atomic mass is 9.96. The summed E-state index contributed by atoms with van der Waals surface area (Å²) in [4.78, 5) is 61.1. The Kier molecular flexibility index (Phi) is 4.30. The zero-order chi connectivity index (χ0) is 21.1. The van der Waals surface area contributed by atoms with E-state index in [1.165, 1.54) is 34.9 Å². The molecule has 0 aromatic heterocycles. The molecule has 4 rings (SSSR count).